The molecule has 90 valence electrons. The van der Waals surface area contributed by atoms with Crippen LogP contribution in [0.5, 0.6) is 0 Å². The van der Waals surface area contributed by atoms with Gasteiger partial charge in [-0.15, -0.1) is 10.2 Å². The number of aromatic nitrogens is 3. The third-order valence-electron chi connectivity index (χ3n) is 2.00. The van der Waals surface area contributed by atoms with Crippen molar-refractivity contribution in [1.82, 2.24) is 14.8 Å². The predicted molar refractivity (Wildman–Crippen MR) is 62.7 cm³/mol. The first-order chi connectivity index (χ1) is 7.69. The van der Waals surface area contributed by atoms with Crippen LogP contribution < -0.4 is 11.5 Å². The summed E-state index contributed by atoms with van der Waals surface area (Å²) in [6.07, 6.45) is 1.34. The van der Waals surface area contributed by atoms with E-state index in [9.17, 15) is 4.79 Å². The molecule has 0 unspecified atom stereocenters. The lowest BCUT2D eigenvalue weighted by molar-refractivity contribution is -0.117. The summed E-state index contributed by atoms with van der Waals surface area (Å²) in [5.74, 6) is 1.11. The Balaban J connectivity index is 2.63. The fourth-order valence-electron chi connectivity index (χ4n) is 1.27. The van der Waals surface area contributed by atoms with Gasteiger partial charge >= 0.3 is 0 Å². The lowest BCUT2D eigenvalue weighted by Crippen LogP contribution is -2.12. The smallest absolute Gasteiger partial charge is 0.218 e. The van der Waals surface area contributed by atoms with Gasteiger partial charge in [0.25, 0.3) is 0 Å². The monoisotopic (exact) mass is 243 g/mol. The first-order valence-electron chi connectivity index (χ1n) is 5.22. The van der Waals surface area contributed by atoms with Crippen LogP contribution in [0.25, 0.3) is 0 Å². The maximum atomic E-state index is 10.6. The average molecular weight is 243 g/mol. The number of nitrogens with two attached hydrogens (primary N) is 2. The molecule has 1 rings (SSSR count). The molecule has 0 aromatic carbocycles. The zero-order valence-corrected chi connectivity index (χ0v) is 10.2. The van der Waals surface area contributed by atoms with E-state index < -0.39 is 0 Å². The molecule has 0 aliphatic rings. The Morgan fingerprint density at radius 2 is 2.25 bits per heavy atom. The van der Waals surface area contributed by atoms with Gasteiger partial charge in [-0.1, -0.05) is 18.7 Å². The Bertz CT molecular complexity index is 352. The quantitative estimate of drug-likeness (QED) is 0.662. The topological polar surface area (TPSA) is 99.8 Å². The average Bonchev–Trinajstić information content (AvgIpc) is 2.61. The molecule has 1 heterocycles. The highest BCUT2D eigenvalue weighted by molar-refractivity contribution is 7.99. The van der Waals surface area contributed by atoms with Crippen molar-refractivity contribution >= 4 is 17.7 Å². The molecule has 0 atom stereocenters. The van der Waals surface area contributed by atoms with Gasteiger partial charge in [-0.2, -0.15) is 0 Å². The Hall–Kier alpha value is -1.08. The van der Waals surface area contributed by atoms with E-state index in [1.54, 1.807) is 0 Å². The lowest BCUT2D eigenvalue weighted by Gasteiger charge is -2.06. The van der Waals surface area contributed by atoms with E-state index in [-0.39, 0.29) is 5.91 Å². The molecule has 1 amide bonds. The number of thioether (sulfide) groups is 1. The van der Waals surface area contributed by atoms with Crippen LogP contribution in [0.1, 0.15) is 25.6 Å². The molecular weight excluding hydrogens is 226 g/mol. The van der Waals surface area contributed by atoms with Crippen molar-refractivity contribution < 1.29 is 4.79 Å². The van der Waals surface area contributed by atoms with Crippen molar-refractivity contribution in [2.45, 2.75) is 38.0 Å². The van der Waals surface area contributed by atoms with Gasteiger partial charge in [0, 0.05) is 18.7 Å². The predicted octanol–water partition coefficient (Wildman–Crippen LogP) is 0.114. The highest BCUT2D eigenvalue weighted by Crippen LogP contribution is 2.18. The number of rotatable bonds is 7. The van der Waals surface area contributed by atoms with E-state index in [0.717, 1.165) is 23.9 Å². The molecule has 0 aliphatic heterocycles. The van der Waals surface area contributed by atoms with E-state index >= 15 is 0 Å². The summed E-state index contributed by atoms with van der Waals surface area (Å²) in [6, 6.07) is 0. The molecule has 0 saturated carbocycles. The van der Waals surface area contributed by atoms with Gasteiger partial charge in [-0.3, -0.25) is 4.79 Å². The number of amides is 1. The summed E-state index contributed by atoms with van der Waals surface area (Å²) in [6.45, 7) is 3.31. The highest BCUT2D eigenvalue weighted by Gasteiger charge is 2.10. The van der Waals surface area contributed by atoms with Gasteiger partial charge < -0.3 is 16.0 Å². The minimum Gasteiger partial charge on any atom is -0.370 e. The van der Waals surface area contributed by atoms with E-state index in [2.05, 4.69) is 17.1 Å². The first-order valence-corrected chi connectivity index (χ1v) is 6.20. The van der Waals surface area contributed by atoms with Crippen LogP contribution in [0.4, 0.5) is 0 Å². The second kappa shape index (κ2) is 6.49. The molecule has 0 spiro atoms. The third-order valence-corrected chi connectivity index (χ3v) is 2.97. The number of carbonyl (C=O) groups excluding carboxylic acids is 1. The zero-order chi connectivity index (χ0) is 12.0. The van der Waals surface area contributed by atoms with Gasteiger partial charge in [0.1, 0.15) is 5.82 Å². The normalized spacial score (nSPS) is 10.6. The minimum absolute atomic E-state index is 0.298. The maximum Gasteiger partial charge on any atom is 0.218 e. The molecule has 1 aromatic rings. The number of nitrogens with zero attached hydrogens (tertiary/aromatic N) is 3. The fraction of sp³-hybridized carbons (Fsp3) is 0.667. The van der Waals surface area contributed by atoms with Crippen LogP contribution in [-0.2, 0) is 17.9 Å². The van der Waals surface area contributed by atoms with E-state index in [0.29, 0.717) is 18.7 Å². The second-order valence-electron chi connectivity index (χ2n) is 3.32. The van der Waals surface area contributed by atoms with Gasteiger partial charge in [0.2, 0.25) is 5.91 Å². The molecule has 0 fully saturated rings. The maximum absolute atomic E-state index is 10.6. The summed E-state index contributed by atoms with van der Waals surface area (Å²) in [5.41, 5.74) is 10.6. The van der Waals surface area contributed by atoms with Crippen molar-refractivity contribution in [3.8, 4) is 0 Å². The van der Waals surface area contributed by atoms with E-state index in [1.807, 2.05) is 4.57 Å². The second-order valence-corrected chi connectivity index (χ2v) is 4.38. The number of hydrogen-bond acceptors (Lipinski definition) is 5. The van der Waals surface area contributed by atoms with Gasteiger partial charge in [-0.05, 0) is 6.42 Å². The van der Waals surface area contributed by atoms with E-state index in [1.165, 1.54) is 11.8 Å². The van der Waals surface area contributed by atoms with Gasteiger partial charge in [-0.25, -0.2) is 0 Å². The molecule has 0 radical (unpaired) electrons. The lowest BCUT2D eigenvalue weighted by atomic mass is 10.4. The fourth-order valence-corrected chi connectivity index (χ4v) is 2.20. The SMILES string of the molecule is CCCn1c(CN)nnc1SCCC(N)=O. The molecule has 0 saturated heterocycles. The van der Waals surface area contributed by atoms with E-state index in [4.69, 9.17) is 11.5 Å². The third kappa shape index (κ3) is 3.49. The molecule has 7 heteroatoms. The Labute approximate surface area is 98.8 Å². The van der Waals surface area contributed by atoms with Crippen LogP contribution in [0.3, 0.4) is 0 Å². The highest BCUT2D eigenvalue weighted by atomic mass is 32.2. The van der Waals surface area contributed by atoms with Crippen LogP contribution in [0.2, 0.25) is 0 Å². The molecule has 6 nitrogen and oxygen atoms in total. The van der Waals surface area contributed by atoms with Crippen LogP contribution in [-0.4, -0.2) is 26.4 Å². The summed E-state index contributed by atoms with van der Waals surface area (Å²) >= 11 is 1.48. The van der Waals surface area contributed by atoms with Crippen molar-refractivity contribution in [2.24, 2.45) is 11.5 Å². The Morgan fingerprint density at radius 1 is 1.50 bits per heavy atom. The summed E-state index contributed by atoms with van der Waals surface area (Å²) in [5, 5.41) is 8.86. The summed E-state index contributed by atoms with van der Waals surface area (Å²) < 4.78 is 1.99. The number of carbonyl (C=O) groups is 1. The molecular formula is C9H17N5OS. The van der Waals surface area contributed by atoms with Crippen LogP contribution in [0, 0.1) is 0 Å². The zero-order valence-electron chi connectivity index (χ0n) is 9.35. The Kier molecular flexibility index (Phi) is 5.27. The number of hydrogen-bond donors (Lipinski definition) is 2. The number of primary amides is 1. The molecule has 4 N–H and O–H groups in total. The molecule has 0 aliphatic carbocycles. The van der Waals surface area contributed by atoms with Gasteiger partial charge in [0.15, 0.2) is 5.16 Å². The summed E-state index contributed by atoms with van der Waals surface area (Å²) in [4.78, 5) is 10.6. The van der Waals surface area contributed by atoms with Gasteiger partial charge in [0.05, 0.1) is 6.54 Å². The minimum atomic E-state index is -0.298. The molecule has 1 aromatic heterocycles. The van der Waals surface area contributed by atoms with Crippen LogP contribution in [0.15, 0.2) is 5.16 Å². The molecule has 0 bridgehead atoms. The van der Waals surface area contributed by atoms with Crippen molar-refractivity contribution in [2.75, 3.05) is 5.75 Å². The van der Waals surface area contributed by atoms with Crippen molar-refractivity contribution in [3.05, 3.63) is 5.82 Å². The van der Waals surface area contributed by atoms with Crippen LogP contribution >= 0.6 is 11.8 Å². The Morgan fingerprint density at radius 3 is 2.81 bits per heavy atom. The molecule has 16 heavy (non-hydrogen) atoms. The van der Waals surface area contributed by atoms with Crippen molar-refractivity contribution in [3.63, 3.8) is 0 Å². The largest absolute Gasteiger partial charge is 0.370 e. The standard InChI is InChI=1S/C9H17N5OS/c1-2-4-14-8(6-10)12-13-9(14)16-5-3-7(11)15/h2-6,10H2,1H3,(H2,11,15). The summed E-state index contributed by atoms with van der Waals surface area (Å²) in [7, 11) is 0. The van der Waals surface area contributed by atoms with Crippen molar-refractivity contribution in [1.29, 1.82) is 0 Å². The first kappa shape index (κ1) is 13.0.